The molecule has 0 aliphatic rings. The Balaban J connectivity index is 1.79. The van der Waals surface area contributed by atoms with Gasteiger partial charge in [-0.15, -0.1) is 0 Å². The maximum absolute atomic E-state index is 5.51. The van der Waals surface area contributed by atoms with Gasteiger partial charge in [-0.2, -0.15) is 0 Å². The minimum absolute atomic E-state index is 0.488. The normalized spacial score (nSPS) is 10.4. The third-order valence-electron chi connectivity index (χ3n) is 2.28. The first-order valence-corrected chi connectivity index (χ1v) is 5.67. The van der Waals surface area contributed by atoms with Crippen molar-refractivity contribution in [3.8, 4) is 0 Å². The lowest BCUT2D eigenvalue weighted by Gasteiger charge is -2.04. The molecule has 0 aromatic carbocycles. The summed E-state index contributed by atoms with van der Waals surface area (Å²) in [6, 6.07) is 7.71. The van der Waals surface area contributed by atoms with Gasteiger partial charge in [0.25, 0.3) is 0 Å². The van der Waals surface area contributed by atoms with Crippen LogP contribution in [0.1, 0.15) is 18.2 Å². The van der Waals surface area contributed by atoms with Crippen molar-refractivity contribution in [2.45, 2.75) is 20.1 Å². The highest BCUT2D eigenvalue weighted by Crippen LogP contribution is 2.08. The number of hydrogen-bond acceptors (Lipinski definition) is 4. The fourth-order valence-corrected chi connectivity index (χ4v) is 1.46. The van der Waals surface area contributed by atoms with Gasteiger partial charge in [0.05, 0.1) is 12.9 Å². The van der Waals surface area contributed by atoms with Crippen LogP contribution in [0.25, 0.3) is 0 Å². The largest absolute Gasteiger partial charge is 0.467 e. The number of hydrogen-bond donors (Lipinski definition) is 1. The molecule has 0 fully saturated rings. The van der Waals surface area contributed by atoms with Crippen LogP contribution in [-0.4, -0.2) is 11.5 Å². The number of nitrogens with one attached hydrogen (secondary N) is 1. The topological polar surface area (TPSA) is 47.3 Å². The summed E-state index contributed by atoms with van der Waals surface area (Å²) in [6.07, 6.45) is 3.46. The van der Waals surface area contributed by atoms with E-state index in [1.54, 1.807) is 6.26 Å². The molecule has 0 unspecified atom stereocenters. The van der Waals surface area contributed by atoms with Gasteiger partial charge >= 0.3 is 0 Å². The maximum Gasteiger partial charge on any atom is 0.129 e. The quantitative estimate of drug-likeness (QED) is 0.832. The molecule has 0 radical (unpaired) electrons. The molecule has 2 rings (SSSR count). The molecule has 0 aliphatic heterocycles. The average Bonchev–Trinajstić information content (AvgIpc) is 2.85. The summed E-state index contributed by atoms with van der Waals surface area (Å²) in [7, 11) is 0. The molecule has 0 saturated carbocycles. The molecule has 1 N–H and O–H groups in total. The molecular formula is C13H16N2O2. The summed E-state index contributed by atoms with van der Waals surface area (Å²) < 4.78 is 10.7. The molecule has 0 saturated heterocycles. The van der Waals surface area contributed by atoms with Crippen molar-refractivity contribution < 1.29 is 9.15 Å². The van der Waals surface area contributed by atoms with E-state index in [0.29, 0.717) is 13.2 Å². The number of furan rings is 1. The van der Waals surface area contributed by atoms with Crippen LogP contribution in [-0.2, 0) is 18.0 Å². The van der Waals surface area contributed by atoms with Gasteiger partial charge in [-0.3, -0.25) is 0 Å². The first kappa shape index (κ1) is 11.7. The SMILES string of the molecule is CCNc1ccc(COCc2ccco2)cn1. The number of anilines is 1. The van der Waals surface area contributed by atoms with Crippen LogP contribution in [0, 0.1) is 0 Å². The highest BCUT2D eigenvalue weighted by Gasteiger charge is 1.98. The van der Waals surface area contributed by atoms with Crippen LogP contribution in [0.15, 0.2) is 41.1 Å². The second-order valence-electron chi connectivity index (χ2n) is 3.65. The molecule has 0 bridgehead atoms. The Bertz CT molecular complexity index is 423. The van der Waals surface area contributed by atoms with Crippen molar-refractivity contribution in [3.05, 3.63) is 48.0 Å². The second-order valence-corrected chi connectivity index (χ2v) is 3.65. The predicted octanol–water partition coefficient (Wildman–Crippen LogP) is 2.82. The van der Waals surface area contributed by atoms with Crippen LogP contribution in [0.4, 0.5) is 5.82 Å². The van der Waals surface area contributed by atoms with Crippen LogP contribution >= 0.6 is 0 Å². The fourth-order valence-electron chi connectivity index (χ4n) is 1.46. The molecule has 4 nitrogen and oxygen atoms in total. The molecular weight excluding hydrogens is 216 g/mol. The molecule has 0 amide bonds. The van der Waals surface area contributed by atoms with Crippen LogP contribution < -0.4 is 5.32 Å². The lowest BCUT2D eigenvalue weighted by Crippen LogP contribution is -2.00. The lowest BCUT2D eigenvalue weighted by molar-refractivity contribution is 0.0928. The van der Waals surface area contributed by atoms with Crippen molar-refractivity contribution >= 4 is 5.82 Å². The number of ether oxygens (including phenoxy) is 1. The predicted molar refractivity (Wildman–Crippen MR) is 65.6 cm³/mol. The summed E-state index contributed by atoms with van der Waals surface area (Å²) >= 11 is 0. The highest BCUT2D eigenvalue weighted by molar-refractivity contribution is 5.34. The molecule has 17 heavy (non-hydrogen) atoms. The number of nitrogens with zero attached hydrogens (tertiary/aromatic N) is 1. The zero-order valence-corrected chi connectivity index (χ0v) is 9.85. The van der Waals surface area contributed by atoms with Gasteiger partial charge in [-0.05, 0) is 30.7 Å². The maximum atomic E-state index is 5.51. The Morgan fingerprint density at radius 2 is 2.24 bits per heavy atom. The molecule has 0 aliphatic carbocycles. The van der Waals surface area contributed by atoms with E-state index in [4.69, 9.17) is 9.15 Å². The number of rotatable bonds is 6. The van der Waals surface area contributed by atoms with Crippen molar-refractivity contribution in [2.75, 3.05) is 11.9 Å². The Labute approximate surface area is 101 Å². The smallest absolute Gasteiger partial charge is 0.129 e. The van der Waals surface area contributed by atoms with Gasteiger partial charge in [-0.1, -0.05) is 6.07 Å². The first-order chi connectivity index (χ1) is 8.38. The summed E-state index contributed by atoms with van der Waals surface area (Å²) in [5.41, 5.74) is 1.05. The third-order valence-corrected chi connectivity index (χ3v) is 2.28. The minimum atomic E-state index is 0.488. The Morgan fingerprint density at radius 3 is 2.88 bits per heavy atom. The fraction of sp³-hybridized carbons (Fsp3) is 0.308. The van der Waals surface area contributed by atoms with Gasteiger partial charge in [0, 0.05) is 12.7 Å². The van der Waals surface area contributed by atoms with E-state index >= 15 is 0 Å². The number of aromatic nitrogens is 1. The van der Waals surface area contributed by atoms with Gasteiger partial charge in [-0.25, -0.2) is 4.98 Å². The van der Waals surface area contributed by atoms with Crippen LogP contribution in [0.2, 0.25) is 0 Å². The average molecular weight is 232 g/mol. The minimum Gasteiger partial charge on any atom is -0.467 e. The Morgan fingerprint density at radius 1 is 1.29 bits per heavy atom. The molecule has 90 valence electrons. The number of pyridine rings is 1. The van der Waals surface area contributed by atoms with Crippen molar-refractivity contribution in [1.82, 2.24) is 4.98 Å². The Hall–Kier alpha value is -1.81. The summed E-state index contributed by atoms with van der Waals surface area (Å²) in [6.45, 7) is 3.95. The zero-order chi connectivity index (χ0) is 11.9. The molecule has 2 aromatic heterocycles. The van der Waals surface area contributed by atoms with Gasteiger partial charge in [0.15, 0.2) is 0 Å². The molecule has 0 spiro atoms. The highest BCUT2D eigenvalue weighted by atomic mass is 16.5. The van der Waals surface area contributed by atoms with E-state index in [0.717, 1.165) is 23.7 Å². The molecule has 0 atom stereocenters. The van der Waals surface area contributed by atoms with Crippen LogP contribution in [0.5, 0.6) is 0 Å². The van der Waals surface area contributed by atoms with Crippen LogP contribution in [0.3, 0.4) is 0 Å². The van der Waals surface area contributed by atoms with E-state index in [-0.39, 0.29) is 0 Å². The monoisotopic (exact) mass is 232 g/mol. The van der Waals surface area contributed by atoms with Crippen molar-refractivity contribution in [1.29, 1.82) is 0 Å². The van der Waals surface area contributed by atoms with Gasteiger partial charge in [0.1, 0.15) is 18.2 Å². The summed E-state index contributed by atoms with van der Waals surface area (Å²) in [5, 5.41) is 3.15. The van der Waals surface area contributed by atoms with E-state index in [1.165, 1.54) is 0 Å². The summed E-state index contributed by atoms with van der Waals surface area (Å²) in [5.74, 6) is 1.73. The van der Waals surface area contributed by atoms with Crippen molar-refractivity contribution in [2.24, 2.45) is 0 Å². The van der Waals surface area contributed by atoms with Gasteiger partial charge < -0.3 is 14.5 Å². The molecule has 4 heteroatoms. The Kier molecular flexibility index (Phi) is 4.16. The molecule has 2 heterocycles. The first-order valence-electron chi connectivity index (χ1n) is 5.67. The lowest BCUT2D eigenvalue weighted by atomic mass is 10.3. The van der Waals surface area contributed by atoms with E-state index in [2.05, 4.69) is 10.3 Å². The molecule has 2 aromatic rings. The van der Waals surface area contributed by atoms with Crippen molar-refractivity contribution in [3.63, 3.8) is 0 Å². The zero-order valence-electron chi connectivity index (χ0n) is 9.85. The third kappa shape index (κ3) is 3.60. The van der Waals surface area contributed by atoms with E-state index in [1.807, 2.05) is 37.4 Å². The van der Waals surface area contributed by atoms with Gasteiger partial charge in [0.2, 0.25) is 0 Å². The summed E-state index contributed by atoms with van der Waals surface area (Å²) in [4.78, 5) is 4.27. The van der Waals surface area contributed by atoms with E-state index < -0.39 is 0 Å². The second kappa shape index (κ2) is 6.06. The van der Waals surface area contributed by atoms with E-state index in [9.17, 15) is 0 Å². The standard InChI is InChI=1S/C13H16N2O2/c1-2-14-13-6-5-11(8-15-13)9-16-10-12-4-3-7-17-12/h3-8H,2,9-10H2,1H3,(H,14,15).